The molecule has 0 radical (unpaired) electrons. The number of nitrogens with zero attached hydrogens (tertiary/aromatic N) is 3. The number of carbonyl (C=O) groups excluding carboxylic acids is 1. The van der Waals surface area contributed by atoms with Crippen molar-refractivity contribution in [2.45, 2.75) is 13.0 Å². The van der Waals surface area contributed by atoms with Gasteiger partial charge in [-0.1, -0.05) is 5.16 Å². The van der Waals surface area contributed by atoms with Gasteiger partial charge in [-0.05, 0) is 42.8 Å². The number of hydrogen-bond acceptors (Lipinski definition) is 6. The van der Waals surface area contributed by atoms with Gasteiger partial charge < -0.3 is 8.94 Å². The van der Waals surface area contributed by atoms with Crippen LogP contribution in [0.5, 0.6) is 0 Å². The zero-order valence-electron chi connectivity index (χ0n) is 14.5. The monoisotopic (exact) mass is 377 g/mol. The third kappa shape index (κ3) is 2.27. The number of hydrogen-bond donors (Lipinski definition) is 0. The predicted molar refractivity (Wildman–Crippen MR) is 96.6 cm³/mol. The van der Waals surface area contributed by atoms with E-state index in [1.807, 2.05) is 0 Å². The maximum atomic E-state index is 13.7. The van der Waals surface area contributed by atoms with Gasteiger partial charge in [-0.15, -0.1) is 0 Å². The van der Waals surface area contributed by atoms with Crippen molar-refractivity contribution < 1.29 is 18.1 Å². The highest BCUT2D eigenvalue weighted by Crippen LogP contribution is 2.40. The Morgan fingerprint density at radius 3 is 2.61 bits per heavy atom. The van der Waals surface area contributed by atoms with E-state index in [0.717, 1.165) is 6.07 Å². The lowest BCUT2D eigenvalue weighted by Gasteiger charge is -2.22. The molecule has 28 heavy (non-hydrogen) atoms. The third-order valence-electron chi connectivity index (χ3n) is 4.72. The molecule has 0 N–H and O–H groups in total. The van der Waals surface area contributed by atoms with Gasteiger partial charge in [0.15, 0.2) is 11.2 Å². The zero-order chi connectivity index (χ0) is 19.4. The highest BCUT2D eigenvalue weighted by atomic mass is 19.1. The number of aromatic nitrogens is 2. The second-order valence-corrected chi connectivity index (χ2v) is 6.47. The molecule has 0 saturated heterocycles. The van der Waals surface area contributed by atoms with E-state index in [9.17, 15) is 14.0 Å². The van der Waals surface area contributed by atoms with E-state index in [1.165, 1.54) is 17.0 Å². The number of fused-ring (bicyclic) bond motifs is 2. The van der Waals surface area contributed by atoms with Gasteiger partial charge in [0.05, 0.1) is 17.0 Å². The molecule has 1 aliphatic rings. The number of halogens is 1. The van der Waals surface area contributed by atoms with Crippen molar-refractivity contribution in [2.75, 3.05) is 4.90 Å². The quantitative estimate of drug-likeness (QED) is 0.532. The fourth-order valence-corrected chi connectivity index (χ4v) is 3.51. The van der Waals surface area contributed by atoms with Crippen LogP contribution in [0.25, 0.3) is 11.0 Å². The summed E-state index contributed by atoms with van der Waals surface area (Å²) in [6.07, 6.45) is 3.12. The minimum Gasteiger partial charge on any atom is -0.450 e. The maximum Gasteiger partial charge on any atom is 0.296 e. The average Bonchev–Trinajstić information content (AvgIpc) is 3.24. The van der Waals surface area contributed by atoms with Gasteiger partial charge >= 0.3 is 0 Å². The fraction of sp³-hybridized carbons (Fsp3) is 0.100. The van der Waals surface area contributed by atoms with E-state index in [0.29, 0.717) is 11.3 Å². The van der Waals surface area contributed by atoms with Gasteiger partial charge in [-0.3, -0.25) is 19.5 Å². The summed E-state index contributed by atoms with van der Waals surface area (Å²) in [5.74, 6) is -0.405. The molecule has 0 saturated carbocycles. The van der Waals surface area contributed by atoms with Crippen LogP contribution >= 0.6 is 0 Å². The van der Waals surface area contributed by atoms with E-state index in [2.05, 4.69) is 10.1 Å². The Labute approximate surface area is 157 Å². The van der Waals surface area contributed by atoms with E-state index in [4.69, 9.17) is 8.94 Å². The molecule has 0 aliphatic carbocycles. The van der Waals surface area contributed by atoms with Gasteiger partial charge in [0.1, 0.15) is 17.2 Å². The highest BCUT2D eigenvalue weighted by molar-refractivity contribution is 6.10. The summed E-state index contributed by atoms with van der Waals surface area (Å²) in [5, 5.41) is 4.00. The minimum atomic E-state index is -0.793. The SMILES string of the molecule is Cc1cc(N2C(=O)c3oc4ccc(F)cc4c(=O)c3[C@@H]2c2ccncc2)no1. The Morgan fingerprint density at radius 1 is 1.11 bits per heavy atom. The van der Waals surface area contributed by atoms with Crippen LogP contribution in [0.1, 0.15) is 33.5 Å². The zero-order valence-corrected chi connectivity index (χ0v) is 14.5. The molecule has 138 valence electrons. The van der Waals surface area contributed by atoms with Crippen LogP contribution in [0.4, 0.5) is 10.2 Å². The Morgan fingerprint density at radius 2 is 1.89 bits per heavy atom. The molecule has 4 heterocycles. The summed E-state index contributed by atoms with van der Waals surface area (Å²) in [7, 11) is 0. The lowest BCUT2D eigenvalue weighted by atomic mass is 9.99. The third-order valence-corrected chi connectivity index (χ3v) is 4.72. The van der Waals surface area contributed by atoms with Crippen LogP contribution in [0.15, 0.2) is 62.5 Å². The molecule has 1 amide bonds. The largest absolute Gasteiger partial charge is 0.450 e. The van der Waals surface area contributed by atoms with Gasteiger partial charge in [-0.25, -0.2) is 4.39 Å². The molecule has 0 unspecified atom stereocenters. The number of aryl methyl sites for hydroxylation is 1. The van der Waals surface area contributed by atoms with Crippen LogP contribution in [-0.2, 0) is 0 Å². The summed E-state index contributed by atoms with van der Waals surface area (Å²) in [5.41, 5.74) is 0.458. The predicted octanol–water partition coefficient (Wildman–Crippen LogP) is 3.37. The van der Waals surface area contributed by atoms with Gasteiger partial charge in [0.2, 0.25) is 5.76 Å². The minimum absolute atomic E-state index is 0.0730. The molecule has 0 bridgehead atoms. The first-order valence-electron chi connectivity index (χ1n) is 8.47. The van der Waals surface area contributed by atoms with E-state index >= 15 is 0 Å². The van der Waals surface area contributed by atoms with Crippen molar-refractivity contribution in [3.05, 3.63) is 87.5 Å². The molecule has 0 fully saturated rings. The number of amides is 1. The molecular formula is C20H12FN3O4. The Bertz CT molecular complexity index is 1300. The molecule has 8 heteroatoms. The lowest BCUT2D eigenvalue weighted by molar-refractivity contribution is 0.0969. The molecule has 4 aromatic rings. The van der Waals surface area contributed by atoms with Gasteiger partial charge in [-0.2, -0.15) is 0 Å². The molecule has 3 aromatic heterocycles. The van der Waals surface area contributed by atoms with Crippen LogP contribution < -0.4 is 10.3 Å². The van der Waals surface area contributed by atoms with E-state index in [1.54, 1.807) is 37.5 Å². The van der Waals surface area contributed by atoms with Crippen LogP contribution in [0.3, 0.4) is 0 Å². The van der Waals surface area contributed by atoms with Gasteiger partial charge in [0, 0.05) is 18.5 Å². The molecule has 5 rings (SSSR count). The number of carbonyl (C=O) groups is 1. The molecule has 7 nitrogen and oxygen atoms in total. The number of anilines is 1. The van der Waals surface area contributed by atoms with Crippen molar-refractivity contribution in [3.8, 4) is 0 Å². The Kier molecular flexibility index (Phi) is 3.42. The first kappa shape index (κ1) is 16.4. The standard InChI is InChI=1S/C20H12FN3O4/c1-10-8-15(23-28-10)24-17(11-4-6-22-7-5-11)16-18(25)13-9-12(21)2-3-14(13)27-19(16)20(24)26/h2-9,17H,1H3/t17-/m0/s1. The lowest BCUT2D eigenvalue weighted by Crippen LogP contribution is -2.29. The van der Waals surface area contributed by atoms with Crippen LogP contribution in [0, 0.1) is 12.7 Å². The van der Waals surface area contributed by atoms with E-state index < -0.39 is 23.2 Å². The fourth-order valence-electron chi connectivity index (χ4n) is 3.51. The van der Waals surface area contributed by atoms with Gasteiger partial charge in [0.25, 0.3) is 5.91 Å². The first-order chi connectivity index (χ1) is 13.5. The van der Waals surface area contributed by atoms with Crippen molar-refractivity contribution in [2.24, 2.45) is 0 Å². The summed E-state index contributed by atoms with van der Waals surface area (Å²) >= 11 is 0. The number of rotatable bonds is 2. The van der Waals surface area contributed by atoms with Crippen molar-refractivity contribution in [1.82, 2.24) is 10.1 Å². The van der Waals surface area contributed by atoms with E-state index in [-0.39, 0.29) is 28.1 Å². The summed E-state index contributed by atoms with van der Waals surface area (Å²) in [6.45, 7) is 1.70. The van der Waals surface area contributed by atoms with Crippen LogP contribution in [-0.4, -0.2) is 16.0 Å². The highest BCUT2D eigenvalue weighted by Gasteiger charge is 2.44. The molecule has 1 atom stereocenters. The normalized spacial score (nSPS) is 16.0. The summed E-state index contributed by atoms with van der Waals surface area (Å²) < 4.78 is 24.6. The summed E-state index contributed by atoms with van der Waals surface area (Å²) in [6, 6.07) is 7.82. The average molecular weight is 377 g/mol. The first-order valence-corrected chi connectivity index (χ1v) is 8.47. The number of benzene rings is 1. The van der Waals surface area contributed by atoms with Crippen molar-refractivity contribution in [3.63, 3.8) is 0 Å². The van der Waals surface area contributed by atoms with Crippen LogP contribution in [0.2, 0.25) is 0 Å². The maximum absolute atomic E-state index is 13.7. The summed E-state index contributed by atoms with van der Waals surface area (Å²) in [4.78, 5) is 31.7. The smallest absolute Gasteiger partial charge is 0.296 e. The molecule has 1 aromatic carbocycles. The molecule has 0 spiro atoms. The molecule has 1 aliphatic heterocycles. The molecular weight excluding hydrogens is 365 g/mol. The second-order valence-electron chi connectivity index (χ2n) is 6.47. The van der Waals surface area contributed by atoms with Crippen molar-refractivity contribution >= 4 is 22.7 Å². The Balaban J connectivity index is 1.84. The Hall–Kier alpha value is -3.81. The van der Waals surface area contributed by atoms with Crippen molar-refractivity contribution in [1.29, 1.82) is 0 Å². The number of pyridine rings is 1. The second kappa shape index (κ2) is 5.85. The topological polar surface area (TPSA) is 89.4 Å².